The Kier molecular flexibility index (Phi) is 4.52. The van der Waals surface area contributed by atoms with Crippen LogP contribution in [0.4, 0.5) is 0 Å². The van der Waals surface area contributed by atoms with Crippen LogP contribution in [0.3, 0.4) is 0 Å². The lowest BCUT2D eigenvalue weighted by Gasteiger charge is -2.37. The number of aromatic nitrogens is 1. The molecule has 1 aliphatic rings. The van der Waals surface area contributed by atoms with Gasteiger partial charge in [-0.05, 0) is 47.9 Å². The quantitative estimate of drug-likeness (QED) is 0.786. The van der Waals surface area contributed by atoms with Gasteiger partial charge >= 0.3 is 0 Å². The molecule has 1 saturated carbocycles. The van der Waals surface area contributed by atoms with Gasteiger partial charge in [-0.15, -0.1) is 11.3 Å². The number of hydrogen-bond acceptors (Lipinski definition) is 5. The Bertz CT molecular complexity index is 639. The standard InChI is InChI=1S/C16H18N2O3S/c19-9-10-3-4-17-13(6-10)16(21)18-15(11-7-12(20)8-11)14-2-1-5-22-14/h1-6,11-12,15,19-20H,7-9H2,(H,18,21)/t11?,12?,15-/m1/s1. The second kappa shape index (κ2) is 6.56. The fraction of sp³-hybridized carbons (Fsp3) is 0.375. The van der Waals surface area contributed by atoms with Crippen molar-refractivity contribution in [2.24, 2.45) is 5.92 Å². The predicted molar refractivity (Wildman–Crippen MR) is 83.4 cm³/mol. The van der Waals surface area contributed by atoms with Crippen LogP contribution in [-0.2, 0) is 6.61 Å². The van der Waals surface area contributed by atoms with Gasteiger partial charge in [0.2, 0.25) is 0 Å². The monoisotopic (exact) mass is 318 g/mol. The van der Waals surface area contributed by atoms with E-state index in [0.717, 1.165) is 4.88 Å². The number of nitrogens with one attached hydrogen (secondary N) is 1. The van der Waals surface area contributed by atoms with Gasteiger partial charge in [0.15, 0.2) is 0 Å². The Hall–Kier alpha value is -1.76. The Morgan fingerprint density at radius 3 is 2.91 bits per heavy atom. The van der Waals surface area contributed by atoms with Gasteiger partial charge in [0, 0.05) is 11.1 Å². The van der Waals surface area contributed by atoms with Gasteiger partial charge in [-0.25, -0.2) is 0 Å². The highest BCUT2D eigenvalue weighted by atomic mass is 32.1. The van der Waals surface area contributed by atoms with Crippen molar-refractivity contribution in [3.63, 3.8) is 0 Å². The molecule has 5 nitrogen and oxygen atoms in total. The largest absolute Gasteiger partial charge is 0.393 e. The summed E-state index contributed by atoms with van der Waals surface area (Å²) in [5, 5.41) is 23.7. The first-order chi connectivity index (χ1) is 10.7. The van der Waals surface area contributed by atoms with Crippen molar-refractivity contribution in [1.29, 1.82) is 0 Å². The zero-order chi connectivity index (χ0) is 15.5. The molecule has 0 spiro atoms. The third-order valence-electron chi connectivity index (χ3n) is 4.00. The molecule has 1 aliphatic carbocycles. The summed E-state index contributed by atoms with van der Waals surface area (Å²) >= 11 is 1.60. The van der Waals surface area contributed by atoms with Crippen LogP contribution < -0.4 is 5.32 Å². The lowest BCUT2D eigenvalue weighted by atomic mass is 9.76. The minimum absolute atomic E-state index is 0.101. The molecule has 0 radical (unpaired) electrons. The Morgan fingerprint density at radius 1 is 1.45 bits per heavy atom. The molecule has 1 amide bonds. The highest BCUT2D eigenvalue weighted by Gasteiger charge is 2.36. The van der Waals surface area contributed by atoms with E-state index >= 15 is 0 Å². The van der Waals surface area contributed by atoms with Crippen molar-refractivity contribution < 1.29 is 15.0 Å². The van der Waals surface area contributed by atoms with Crippen LogP contribution in [0.2, 0.25) is 0 Å². The minimum Gasteiger partial charge on any atom is -0.393 e. The maximum atomic E-state index is 12.4. The molecule has 0 aromatic carbocycles. The van der Waals surface area contributed by atoms with E-state index in [9.17, 15) is 9.90 Å². The van der Waals surface area contributed by atoms with Crippen LogP contribution in [0.5, 0.6) is 0 Å². The summed E-state index contributed by atoms with van der Waals surface area (Å²) < 4.78 is 0. The number of nitrogens with zero attached hydrogens (tertiary/aromatic N) is 1. The van der Waals surface area contributed by atoms with Gasteiger partial charge in [0.05, 0.1) is 18.8 Å². The number of carbonyl (C=O) groups is 1. The summed E-state index contributed by atoms with van der Waals surface area (Å²) in [7, 11) is 0. The molecule has 0 aliphatic heterocycles. The zero-order valence-corrected chi connectivity index (χ0v) is 12.8. The average Bonchev–Trinajstić information content (AvgIpc) is 3.04. The molecule has 2 aromatic rings. The number of rotatable bonds is 5. The fourth-order valence-corrected chi connectivity index (χ4v) is 3.57. The first-order valence-corrected chi connectivity index (χ1v) is 8.13. The van der Waals surface area contributed by atoms with E-state index < -0.39 is 0 Å². The maximum absolute atomic E-state index is 12.4. The highest BCUT2D eigenvalue weighted by molar-refractivity contribution is 7.10. The summed E-state index contributed by atoms with van der Waals surface area (Å²) in [5.41, 5.74) is 0.958. The molecule has 116 valence electrons. The van der Waals surface area contributed by atoms with Crippen molar-refractivity contribution in [2.45, 2.75) is 31.6 Å². The number of aliphatic hydroxyl groups is 2. The molecule has 0 bridgehead atoms. The second-order valence-corrected chi connectivity index (χ2v) is 6.54. The maximum Gasteiger partial charge on any atom is 0.270 e. The number of carbonyl (C=O) groups excluding carboxylic acids is 1. The predicted octanol–water partition coefficient (Wildman–Crippen LogP) is 1.88. The van der Waals surface area contributed by atoms with Crippen LogP contribution >= 0.6 is 11.3 Å². The van der Waals surface area contributed by atoms with Crippen LogP contribution in [-0.4, -0.2) is 27.2 Å². The summed E-state index contributed by atoms with van der Waals surface area (Å²) in [5.74, 6) is -0.00582. The average molecular weight is 318 g/mol. The van der Waals surface area contributed by atoms with Gasteiger partial charge in [-0.1, -0.05) is 6.07 Å². The van der Waals surface area contributed by atoms with E-state index in [0.29, 0.717) is 24.1 Å². The molecule has 3 rings (SSSR count). The first-order valence-electron chi connectivity index (χ1n) is 7.25. The van der Waals surface area contributed by atoms with Gasteiger partial charge < -0.3 is 15.5 Å². The molecule has 2 heterocycles. The van der Waals surface area contributed by atoms with E-state index in [-0.39, 0.29) is 30.6 Å². The number of hydrogen-bond donors (Lipinski definition) is 3. The molecule has 22 heavy (non-hydrogen) atoms. The van der Waals surface area contributed by atoms with Crippen molar-refractivity contribution in [3.8, 4) is 0 Å². The normalized spacial score (nSPS) is 21.9. The number of aliphatic hydroxyl groups excluding tert-OH is 2. The van der Waals surface area contributed by atoms with Crippen molar-refractivity contribution in [2.75, 3.05) is 0 Å². The van der Waals surface area contributed by atoms with Crippen LogP contribution in [0.1, 0.15) is 39.8 Å². The van der Waals surface area contributed by atoms with Crippen molar-refractivity contribution in [3.05, 3.63) is 52.0 Å². The van der Waals surface area contributed by atoms with E-state index in [1.54, 1.807) is 23.5 Å². The lowest BCUT2D eigenvalue weighted by molar-refractivity contribution is 0.0240. The van der Waals surface area contributed by atoms with E-state index in [1.807, 2.05) is 17.5 Å². The molecular weight excluding hydrogens is 300 g/mol. The van der Waals surface area contributed by atoms with Crippen LogP contribution in [0, 0.1) is 5.92 Å². The van der Waals surface area contributed by atoms with E-state index in [1.165, 1.54) is 6.20 Å². The third-order valence-corrected chi connectivity index (χ3v) is 4.95. The molecule has 1 atom stereocenters. The van der Waals surface area contributed by atoms with Gasteiger partial charge in [-0.2, -0.15) is 0 Å². The third kappa shape index (κ3) is 3.19. The highest BCUT2D eigenvalue weighted by Crippen LogP contribution is 2.39. The SMILES string of the molecule is O=C(N[C@@H](c1cccs1)C1CC(O)C1)c1cc(CO)ccn1. The first kappa shape index (κ1) is 15.1. The topological polar surface area (TPSA) is 82.5 Å². The molecule has 6 heteroatoms. The number of amides is 1. The van der Waals surface area contributed by atoms with Gasteiger partial charge in [-0.3, -0.25) is 9.78 Å². The summed E-state index contributed by atoms with van der Waals surface area (Å²) in [6.07, 6.45) is 2.66. The van der Waals surface area contributed by atoms with E-state index in [2.05, 4.69) is 10.3 Å². The summed E-state index contributed by atoms with van der Waals surface area (Å²) in [4.78, 5) is 17.6. The smallest absolute Gasteiger partial charge is 0.270 e. The lowest BCUT2D eigenvalue weighted by Crippen LogP contribution is -2.41. The Morgan fingerprint density at radius 2 is 2.27 bits per heavy atom. The minimum atomic E-state index is -0.264. The van der Waals surface area contributed by atoms with Gasteiger partial charge in [0.25, 0.3) is 5.91 Å². The molecule has 3 N–H and O–H groups in total. The van der Waals surface area contributed by atoms with Gasteiger partial charge in [0.1, 0.15) is 5.69 Å². The van der Waals surface area contributed by atoms with Crippen LogP contribution in [0.15, 0.2) is 35.8 Å². The number of pyridine rings is 1. The van der Waals surface area contributed by atoms with E-state index in [4.69, 9.17) is 5.11 Å². The summed E-state index contributed by atoms with van der Waals surface area (Å²) in [6, 6.07) is 7.12. The Labute approximate surface area is 132 Å². The molecular formula is C16H18N2O3S. The Balaban J connectivity index is 1.76. The fourth-order valence-electron chi connectivity index (χ4n) is 2.70. The molecule has 0 saturated heterocycles. The molecule has 2 aromatic heterocycles. The van der Waals surface area contributed by atoms with Crippen molar-refractivity contribution >= 4 is 17.2 Å². The second-order valence-electron chi connectivity index (χ2n) is 5.56. The number of thiophene rings is 1. The summed E-state index contributed by atoms with van der Waals surface area (Å²) in [6.45, 7) is -0.119. The zero-order valence-electron chi connectivity index (χ0n) is 12.0. The molecule has 0 unspecified atom stereocenters. The van der Waals surface area contributed by atoms with Crippen molar-refractivity contribution in [1.82, 2.24) is 10.3 Å². The van der Waals surface area contributed by atoms with Crippen LogP contribution in [0.25, 0.3) is 0 Å². The molecule has 1 fully saturated rings.